The fourth-order valence-electron chi connectivity index (χ4n) is 4.64. The van der Waals surface area contributed by atoms with Crippen molar-refractivity contribution in [3.63, 3.8) is 0 Å². The average Bonchev–Trinajstić information content (AvgIpc) is 3.40. The summed E-state index contributed by atoms with van der Waals surface area (Å²) in [5.74, 6) is -0.763. The van der Waals surface area contributed by atoms with Gasteiger partial charge in [0.05, 0.1) is 0 Å². The maximum atomic E-state index is 13.7. The van der Waals surface area contributed by atoms with Crippen LogP contribution in [0.25, 0.3) is 0 Å². The van der Waals surface area contributed by atoms with Crippen molar-refractivity contribution < 1.29 is 18.4 Å². The highest BCUT2D eigenvalue weighted by Crippen LogP contribution is 2.29. The summed E-state index contributed by atoms with van der Waals surface area (Å²) in [4.78, 5) is 29.6. The first-order chi connectivity index (χ1) is 17.8. The highest BCUT2D eigenvalue weighted by Gasteiger charge is 2.23. The van der Waals surface area contributed by atoms with Crippen molar-refractivity contribution in [2.45, 2.75) is 38.8 Å². The zero-order chi connectivity index (χ0) is 26.4. The lowest BCUT2D eigenvalue weighted by molar-refractivity contribution is -0.119. The number of nitrogens with zero attached hydrogens (tertiary/aromatic N) is 2. The van der Waals surface area contributed by atoms with E-state index in [4.69, 9.17) is 0 Å². The zero-order valence-electron chi connectivity index (χ0n) is 21.1. The number of hydrogen-bond acceptors (Lipinski definition) is 3. The fourth-order valence-corrected chi connectivity index (χ4v) is 4.64. The van der Waals surface area contributed by atoms with Crippen LogP contribution in [-0.2, 0) is 17.9 Å². The molecule has 0 saturated heterocycles. The second-order valence-corrected chi connectivity index (χ2v) is 9.63. The molecule has 37 heavy (non-hydrogen) atoms. The van der Waals surface area contributed by atoms with Crippen molar-refractivity contribution in [3.8, 4) is 0 Å². The van der Waals surface area contributed by atoms with Gasteiger partial charge in [-0.05, 0) is 72.5 Å². The van der Waals surface area contributed by atoms with Crippen molar-refractivity contribution in [2.75, 3.05) is 29.6 Å². The van der Waals surface area contributed by atoms with Gasteiger partial charge in [-0.2, -0.15) is 0 Å². The zero-order valence-corrected chi connectivity index (χ0v) is 21.1. The molecule has 4 rings (SSSR count). The molecule has 3 aromatic carbocycles. The summed E-state index contributed by atoms with van der Waals surface area (Å²) in [7, 11) is 3.82. The first-order valence-corrected chi connectivity index (χ1v) is 12.5. The van der Waals surface area contributed by atoms with Gasteiger partial charge in [0.2, 0.25) is 5.91 Å². The minimum atomic E-state index is -0.455. The van der Waals surface area contributed by atoms with Crippen molar-refractivity contribution >= 4 is 29.0 Å². The van der Waals surface area contributed by atoms with Crippen LogP contribution < -0.4 is 15.5 Å². The largest absolute Gasteiger partial charge is 0.377 e. The van der Waals surface area contributed by atoms with E-state index in [1.165, 1.54) is 30.3 Å². The van der Waals surface area contributed by atoms with Crippen LogP contribution in [0.5, 0.6) is 0 Å². The van der Waals surface area contributed by atoms with Gasteiger partial charge in [-0.1, -0.05) is 31.0 Å². The average molecular weight is 507 g/mol. The molecule has 2 N–H and O–H groups in total. The molecule has 1 aliphatic carbocycles. The third kappa shape index (κ3) is 7.06. The van der Waals surface area contributed by atoms with Crippen LogP contribution in [0.1, 0.15) is 36.8 Å². The number of anilines is 3. The monoisotopic (exact) mass is 506 g/mol. The van der Waals surface area contributed by atoms with Crippen molar-refractivity contribution in [1.29, 1.82) is 0 Å². The molecule has 0 bridgehead atoms. The highest BCUT2D eigenvalue weighted by molar-refractivity contribution is 5.93. The Morgan fingerprint density at radius 2 is 1.54 bits per heavy atom. The molecule has 3 aromatic rings. The Labute approximate surface area is 216 Å². The van der Waals surface area contributed by atoms with Gasteiger partial charge in [0.15, 0.2) is 0 Å². The second kappa shape index (κ2) is 11.9. The van der Waals surface area contributed by atoms with E-state index >= 15 is 0 Å². The van der Waals surface area contributed by atoms with Crippen molar-refractivity contribution in [3.05, 3.63) is 89.5 Å². The molecule has 1 fully saturated rings. The van der Waals surface area contributed by atoms with Gasteiger partial charge in [-0.3, -0.25) is 4.79 Å². The number of halogens is 2. The highest BCUT2D eigenvalue weighted by atomic mass is 19.1. The van der Waals surface area contributed by atoms with Gasteiger partial charge >= 0.3 is 6.03 Å². The van der Waals surface area contributed by atoms with E-state index in [0.717, 1.165) is 42.5 Å². The number of nitrogens with one attached hydrogen (secondary N) is 2. The van der Waals surface area contributed by atoms with E-state index in [2.05, 4.69) is 10.6 Å². The first kappa shape index (κ1) is 26.1. The molecule has 0 radical (unpaired) electrons. The Morgan fingerprint density at radius 1 is 0.838 bits per heavy atom. The van der Waals surface area contributed by atoms with E-state index in [1.54, 1.807) is 23.1 Å². The van der Waals surface area contributed by atoms with Gasteiger partial charge in [0.25, 0.3) is 0 Å². The third-order valence-electron chi connectivity index (χ3n) is 6.57. The lowest BCUT2D eigenvalue weighted by Crippen LogP contribution is -2.34. The van der Waals surface area contributed by atoms with E-state index in [9.17, 15) is 18.4 Å². The molecule has 8 heteroatoms. The van der Waals surface area contributed by atoms with Crippen LogP contribution in [0.15, 0.2) is 66.7 Å². The lowest BCUT2D eigenvalue weighted by Gasteiger charge is -2.27. The summed E-state index contributed by atoms with van der Waals surface area (Å²) in [6.45, 7) is 0.409. The molecule has 1 aliphatic rings. The van der Waals surface area contributed by atoms with E-state index < -0.39 is 11.8 Å². The van der Waals surface area contributed by atoms with Crippen molar-refractivity contribution in [1.82, 2.24) is 4.90 Å². The molecule has 6 nitrogen and oxygen atoms in total. The molecule has 0 heterocycles. The van der Waals surface area contributed by atoms with Crippen LogP contribution >= 0.6 is 0 Å². The van der Waals surface area contributed by atoms with Gasteiger partial charge < -0.3 is 20.4 Å². The summed E-state index contributed by atoms with van der Waals surface area (Å²) < 4.78 is 27.2. The maximum absolute atomic E-state index is 13.7. The Kier molecular flexibility index (Phi) is 8.38. The maximum Gasteiger partial charge on any atom is 0.322 e. The summed E-state index contributed by atoms with van der Waals surface area (Å²) in [5.41, 5.74) is 3.46. The Bertz CT molecular complexity index is 1240. The molecule has 0 aliphatic heterocycles. The van der Waals surface area contributed by atoms with Gasteiger partial charge in [0, 0.05) is 50.2 Å². The number of amides is 3. The number of carbonyl (C=O) groups excluding carboxylic acids is 2. The quantitative estimate of drug-likeness (QED) is 0.372. The molecular weight excluding hydrogens is 474 g/mol. The predicted molar refractivity (Wildman–Crippen MR) is 142 cm³/mol. The molecule has 3 amide bonds. The Balaban J connectivity index is 1.60. The topological polar surface area (TPSA) is 64.7 Å². The normalized spacial score (nSPS) is 13.3. The number of hydrogen-bond donors (Lipinski definition) is 2. The standard InChI is InChI=1S/C29H32F2N4O2/c1-34(2)27-15-14-26(32-28(36)21-6-3-4-7-21)16-22(27)19-35(18-20-10-12-23(30)13-11-20)29(37)33-25-9-5-8-24(31)17-25/h5,8-17,21H,3-4,6-7,18-19H2,1-2H3,(H,32,36)(H,33,37). The summed E-state index contributed by atoms with van der Waals surface area (Å²) >= 11 is 0. The van der Waals surface area contributed by atoms with Crippen LogP contribution in [0.2, 0.25) is 0 Å². The van der Waals surface area contributed by atoms with Gasteiger partial charge in [-0.15, -0.1) is 0 Å². The molecular formula is C29H32F2N4O2. The summed E-state index contributed by atoms with van der Waals surface area (Å²) in [5, 5.41) is 5.79. The summed E-state index contributed by atoms with van der Waals surface area (Å²) in [6, 6.07) is 16.9. The van der Waals surface area contributed by atoms with E-state index in [-0.39, 0.29) is 30.7 Å². The predicted octanol–water partition coefficient (Wildman–Crippen LogP) is 6.39. The number of urea groups is 1. The second-order valence-electron chi connectivity index (χ2n) is 9.63. The number of carbonyl (C=O) groups is 2. The van der Waals surface area contributed by atoms with Gasteiger partial charge in [0.1, 0.15) is 11.6 Å². The molecule has 0 spiro atoms. The number of rotatable bonds is 8. The van der Waals surface area contributed by atoms with Crippen LogP contribution in [0.3, 0.4) is 0 Å². The Morgan fingerprint density at radius 3 is 2.22 bits per heavy atom. The van der Waals surface area contributed by atoms with Gasteiger partial charge in [-0.25, -0.2) is 13.6 Å². The SMILES string of the molecule is CN(C)c1ccc(NC(=O)C2CCCC2)cc1CN(Cc1ccc(F)cc1)C(=O)Nc1cccc(F)c1. The summed E-state index contributed by atoms with van der Waals surface area (Å²) in [6.07, 6.45) is 3.95. The van der Waals surface area contributed by atoms with E-state index in [0.29, 0.717) is 11.4 Å². The molecule has 194 valence electrons. The van der Waals surface area contributed by atoms with Crippen LogP contribution in [-0.4, -0.2) is 30.9 Å². The smallest absolute Gasteiger partial charge is 0.322 e. The lowest BCUT2D eigenvalue weighted by atomic mass is 10.1. The minimum Gasteiger partial charge on any atom is -0.377 e. The number of benzene rings is 3. The fraction of sp³-hybridized carbons (Fsp3) is 0.310. The van der Waals surface area contributed by atoms with E-state index in [1.807, 2.05) is 37.2 Å². The molecule has 0 atom stereocenters. The molecule has 0 unspecified atom stereocenters. The first-order valence-electron chi connectivity index (χ1n) is 12.5. The van der Waals surface area contributed by atoms with Crippen LogP contribution in [0, 0.1) is 17.6 Å². The third-order valence-corrected chi connectivity index (χ3v) is 6.57. The molecule has 1 saturated carbocycles. The minimum absolute atomic E-state index is 0.0214. The Hall–Kier alpha value is -3.94. The molecule has 0 aromatic heterocycles. The van der Waals surface area contributed by atoms with Crippen molar-refractivity contribution in [2.24, 2.45) is 5.92 Å². The van der Waals surface area contributed by atoms with Crippen LogP contribution in [0.4, 0.5) is 30.6 Å².